The first-order valence-corrected chi connectivity index (χ1v) is 8.28. The lowest BCUT2D eigenvalue weighted by Crippen LogP contribution is -2.09. The fourth-order valence-electron chi connectivity index (χ4n) is 1.52. The molecule has 0 radical (unpaired) electrons. The summed E-state index contributed by atoms with van der Waals surface area (Å²) in [6, 6.07) is 7.04. The van der Waals surface area contributed by atoms with Crippen molar-refractivity contribution in [3.8, 4) is 0 Å². The van der Waals surface area contributed by atoms with Gasteiger partial charge in [-0.2, -0.15) is 0 Å². The Bertz CT molecular complexity index is 444. The summed E-state index contributed by atoms with van der Waals surface area (Å²) in [5.74, 6) is 0.813. The van der Waals surface area contributed by atoms with Gasteiger partial charge in [-0.15, -0.1) is 11.6 Å². The highest BCUT2D eigenvalue weighted by Gasteiger charge is 2.13. The van der Waals surface area contributed by atoms with Crippen molar-refractivity contribution in [2.45, 2.75) is 25.0 Å². The van der Waals surface area contributed by atoms with Crippen molar-refractivity contribution in [2.24, 2.45) is 0 Å². The van der Waals surface area contributed by atoms with Crippen LogP contribution in [0.2, 0.25) is 5.02 Å². The zero-order valence-corrected chi connectivity index (χ0v) is 11.9. The van der Waals surface area contributed by atoms with E-state index in [1.54, 1.807) is 24.3 Å². The van der Waals surface area contributed by atoms with Gasteiger partial charge in [0.15, 0.2) is 9.84 Å². The number of alkyl halides is 1. The van der Waals surface area contributed by atoms with Crippen molar-refractivity contribution >= 4 is 33.0 Å². The van der Waals surface area contributed by atoms with Crippen LogP contribution >= 0.6 is 23.2 Å². The summed E-state index contributed by atoms with van der Waals surface area (Å²) in [5, 5.41) is 0.511. The summed E-state index contributed by atoms with van der Waals surface area (Å²) < 4.78 is 23.6. The van der Waals surface area contributed by atoms with E-state index in [1.807, 2.05) is 0 Å². The van der Waals surface area contributed by atoms with Crippen LogP contribution in [0.3, 0.4) is 0 Å². The third kappa shape index (κ3) is 5.75. The van der Waals surface area contributed by atoms with Crippen LogP contribution in [0.25, 0.3) is 0 Å². The summed E-state index contributed by atoms with van der Waals surface area (Å²) in [6.45, 7) is 0. The highest BCUT2D eigenvalue weighted by Crippen LogP contribution is 2.18. The van der Waals surface area contributed by atoms with Gasteiger partial charge in [-0.05, 0) is 24.5 Å². The Morgan fingerprint density at radius 1 is 1.06 bits per heavy atom. The Morgan fingerprint density at radius 2 is 1.76 bits per heavy atom. The van der Waals surface area contributed by atoms with Gasteiger partial charge in [0.2, 0.25) is 0 Å². The Balaban J connectivity index is 2.52. The fourth-order valence-corrected chi connectivity index (χ4v) is 3.50. The lowest BCUT2D eigenvalue weighted by Gasteiger charge is -2.05. The zero-order valence-electron chi connectivity index (χ0n) is 9.53. The van der Waals surface area contributed by atoms with Crippen LogP contribution < -0.4 is 0 Å². The molecule has 96 valence electrons. The van der Waals surface area contributed by atoms with Crippen molar-refractivity contribution in [2.75, 3.05) is 11.6 Å². The SMILES string of the molecule is O=S(=O)(CCCCCCl)Cc1ccccc1Cl. The number of halogens is 2. The van der Waals surface area contributed by atoms with Crippen LogP contribution in [-0.4, -0.2) is 20.1 Å². The van der Waals surface area contributed by atoms with Crippen LogP contribution in [0.4, 0.5) is 0 Å². The second-order valence-corrected chi connectivity index (χ2v) is 6.90. The van der Waals surface area contributed by atoms with Gasteiger partial charge >= 0.3 is 0 Å². The number of rotatable bonds is 7. The minimum Gasteiger partial charge on any atom is -0.228 e. The van der Waals surface area contributed by atoms with Gasteiger partial charge in [-0.25, -0.2) is 8.42 Å². The molecule has 0 fully saturated rings. The first-order valence-electron chi connectivity index (χ1n) is 5.55. The molecule has 5 heteroatoms. The number of benzene rings is 1. The molecule has 0 heterocycles. The smallest absolute Gasteiger partial charge is 0.154 e. The van der Waals surface area contributed by atoms with Crippen LogP contribution in [0.15, 0.2) is 24.3 Å². The summed E-state index contributed by atoms with van der Waals surface area (Å²) in [5.41, 5.74) is 0.673. The molecule has 17 heavy (non-hydrogen) atoms. The van der Waals surface area contributed by atoms with E-state index in [0.29, 0.717) is 22.9 Å². The van der Waals surface area contributed by atoms with E-state index < -0.39 is 9.84 Å². The number of sulfone groups is 1. The second kappa shape index (κ2) is 7.24. The average Bonchev–Trinajstić information content (AvgIpc) is 2.28. The molecule has 0 aliphatic rings. The molecular formula is C12H16Cl2O2S. The second-order valence-electron chi connectivity index (χ2n) is 3.93. The van der Waals surface area contributed by atoms with Crippen LogP contribution in [0.5, 0.6) is 0 Å². The molecule has 0 amide bonds. The molecule has 2 nitrogen and oxygen atoms in total. The monoisotopic (exact) mass is 294 g/mol. The maximum atomic E-state index is 11.8. The summed E-state index contributed by atoms with van der Waals surface area (Å²) >= 11 is 11.5. The molecule has 0 N–H and O–H groups in total. The van der Waals surface area contributed by atoms with Crippen molar-refractivity contribution in [3.05, 3.63) is 34.9 Å². The van der Waals surface area contributed by atoms with Gasteiger partial charge < -0.3 is 0 Å². The molecule has 0 atom stereocenters. The molecule has 0 aliphatic carbocycles. The summed E-state index contributed by atoms with van der Waals surface area (Å²) in [6.07, 6.45) is 2.38. The zero-order chi connectivity index (χ0) is 12.7. The summed E-state index contributed by atoms with van der Waals surface area (Å²) in [7, 11) is -3.07. The molecule has 1 rings (SSSR count). The fraction of sp³-hybridized carbons (Fsp3) is 0.500. The first kappa shape index (κ1) is 14.8. The van der Waals surface area contributed by atoms with Crippen molar-refractivity contribution in [1.29, 1.82) is 0 Å². The lowest BCUT2D eigenvalue weighted by atomic mass is 10.2. The van der Waals surface area contributed by atoms with Gasteiger partial charge in [0, 0.05) is 10.9 Å². The van der Waals surface area contributed by atoms with Crippen LogP contribution in [0.1, 0.15) is 24.8 Å². The number of unbranched alkanes of at least 4 members (excludes halogenated alkanes) is 2. The molecule has 1 aromatic carbocycles. The average molecular weight is 295 g/mol. The first-order chi connectivity index (χ1) is 8.05. The van der Waals surface area contributed by atoms with E-state index in [4.69, 9.17) is 23.2 Å². The Hall–Kier alpha value is -0.250. The van der Waals surface area contributed by atoms with E-state index >= 15 is 0 Å². The number of hydrogen-bond donors (Lipinski definition) is 0. The van der Waals surface area contributed by atoms with Crippen molar-refractivity contribution < 1.29 is 8.42 Å². The van der Waals surface area contributed by atoms with Gasteiger partial charge in [-0.3, -0.25) is 0 Å². The predicted octanol–water partition coefficient (Wildman–Crippen LogP) is 3.66. The molecule has 0 saturated heterocycles. The summed E-state index contributed by atoms with van der Waals surface area (Å²) in [4.78, 5) is 0. The standard InChI is InChI=1S/C12H16Cl2O2S/c13-8-4-1-5-9-17(15,16)10-11-6-2-3-7-12(11)14/h2-3,6-7H,1,4-5,8-10H2. The third-order valence-corrected chi connectivity index (χ3v) is 4.72. The maximum absolute atomic E-state index is 11.8. The van der Waals surface area contributed by atoms with E-state index in [0.717, 1.165) is 12.8 Å². The van der Waals surface area contributed by atoms with E-state index in [2.05, 4.69) is 0 Å². The minimum absolute atomic E-state index is 0.0214. The quantitative estimate of drug-likeness (QED) is 0.568. The number of hydrogen-bond acceptors (Lipinski definition) is 2. The molecule has 1 aromatic rings. The Labute approximate surface area is 113 Å². The lowest BCUT2D eigenvalue weighted by molar-refractivity contribution is 0.590. The van der Waals surface area contributed by atoms with Crippen molar-refractivity contribution in [3.63, 3.8) is 0 Å². The molecule has 0 saturated carbocycles. The van der Waals surface area contributed by atoms with E-state index in [1.165, 1.54) is 0 Å². The highest BCUT2D eigenvalue weighted by molar-refractivity contribution is 7.90. The van der Waals surface area contributed by atoms with E-state index in [-0.39, 0.29) is 11.5 Å². The van der Waals surface area contributed by atoms with E-state index in [9.17, 15) is 8.42 Å². The van der Waals surface area contributed by atoms with Gasteiger partial charge in [0.25, 0.3) is 0 Å². The normalized spacial score (nSPS) is 11.6. The maximum Gasteiger partial charge on any atom is 0.154 e. The van der Waals surface area contributed by atoms with Crippen LogP contribution in [-0.2, 0) is 15.6 Å². The third-order valence-electron chi connectivity index (χ3n) is 2.42. The Kier molecular flexibility index (Phi) is 6.31. The minimum atomic E-state index is -3.07. The molecule has 0 aliphatic heterocycles. The molecule has 0 unspecified atom stereocenters. The molecule has 0 spiro atoms. The molecule has 0 aromatic heterocycles. The van der Waals surface area contributed by atoms with Gasteiger partial charge in [-0.1, -0.05) is 36.2 Å². The Morgan fingerprint density at radius 3 is 2.41 bits per heavy atom. The molecule has 0 bridgehead atoms. The molecular weight excluding hydrogens is 279 g/mol. The largest absolute Gasteiger partial charge is 0.228 e. The van der Waals surface area contributed by atoms with Gasteiger partial charge in [0.1, 0.15) is 0 Å². The van der Waals surface area contributed by atoms with Crippen LogP contribution in [0, 0.1) is 0 Å². The topological polar surface area (TPSA) is 34.1 Å². The highest BCUT2D eigenvalue weighted by atomic mass is 35.5. The predicted molar refractivity (Wildman–Crippen MR) is 73.5 cm³/mol. The van der Waals surface area contributed by atoms with Gasteiger partial charge in [0.05, 0.1) is 11.5 Å². The van der Waals surface area contributed by atoms with Crippen molar-refractivity contribution in [1.82, 2.24) is 0 Å².